The van der Waals surface area contributed by atoms with Gasteiger partial charge < -0.3 is 25.6 Å². The third kappa shape index (κ3) is 15.0. The van der Waals surface area contributed by atoms with E-state index in [0.29, 0.717) is 75.2 Å². The molecule has 0 saturated carbocycles. The summed E-state index contributed by atoms with van der Waals surface area (Å²) in [6, 6.07) is 23.0. The van der Waals surface area contributed by atoms with E-state index in [2.05, 4.69) is 27.8 Å². The maximum atomic E-state index is 12.9. The molecule has 12 nitrogen and oxygen atoms in total. The number of methoxy groups -OCH3 is 1. The van der Waals surface area contributed by atoms with Crippen LogP contribution in [0, 0.1) is 11.8 Å². The number of allylic oxidation sites excluding steroid dienone is 2. The predicted molar refractivity (Wildman–Crippen MR) is 218 cm³/mol. The van der Waals surface area contributed by atoms with Gasteiger partial charge in [0.05, 0.1) is 29.4 Å². The van der Waals surface area contributed by atoms with E-state index in [1.165, 1.54) is 38.3 Å². The van der Waals surface area contributed by atoms with Crippen LogP contribution in [-0.2, 0) is 30.6 Å². The largest absolute Gasteiger partial charge is 0.509 e. The smallest absolute Gasteiger partial charge is 0.306 e. The number of rotatable bonds is 26. The monoisotopic (exact) mass is 790 g/mol. The van der Waals surface area contributed by atoms with Gasteiger partial charge in [-0.15, -0.1) is 5.11 Å². The van der Waals surface area contributed by atoms with Gasteiger partial charge in [0.25, 0.3) is 0 Å². The molecule has 56 heavy (non-hydrogen) atoms. The van der Waals surface area contributed by atoms with Gasteiger partial charge in [-0.05, 0) is 93.3 Å². The summed E-state index contributed by atoms with van der Waals surface area (Å²) in [4.78, 5) is 37.3. The van der Waals surface area contributed by atoms with Crippen LogP contribution in [0.2, 0.25) is 0 Å². The Morgan fingerprint density at radius 1 is 0.804 bits per heavy atom. The number of amides is 1. The highest BCUT2D eigenvalue weighted by Crippen LogP contribution is 2.31. The number of aliphatic hydroxyl groups is 1. The molecule has 3 rings (SSSR count). The van der Waals surface area contributed by atoms with Gasteiger partial charge in [0.2, 0.25) is 5.91 Å². The van der Waals surface area contributed by atoms with E-state index in [-0.39, 0.29) is 46.3 Å². The van der Waals surface area contributed by atoms with Crippen molar-refractivity contribution in [2.75, 3.05) is 32.5 Å². The predicted octanol–water partition coefficient (Wildman–Crippen LogP) is 8.12. The Labute approximate surface area is 331 Å². The van der Waals surface area contributed by atoms with Crippen LogP contribution < -0.4 is 15.4 Å². The lowest BCUT2D eigenvalue weighted by molar-refractivity contribution is -0.143. The number of unbranched alkanes of at least 4 members (excludes halogenated alkanes) is 2. The summed E-state index contributed by atoms with van der Waals surface area (Å²) in [6.07, 6.45) is 5.00. The Balaban J connectivity index is 1.35. The summed E-state index contributed by atoms with van der Waals surface area (Å²) >= 11 is 0. The Kier molecular flexibility index (Phi) is 19.4. The molecule has 0 aliphatic heterocycles. The van der Waals surface area contributed by atoms with E-state index >= 15 is 0 Å². The van der Waals surface area contributed by atoms with E-state index in [1.807, 2.05) is 37.3 Å². The summed E-state index contributed by atoms with van der Waals surface area (Å²) in [6.45, 7) is 7.00. The number of benzene rings is 3. The lowest BCUT2D eigenvalue weighted by atomic mass is 9.83. The van der Waals surface area contributed by atoms with Crippen LogP contribution >= 0.6 is 0 Å². The molecule has 304 valence electrons. The minimum absolute atomic E-state index is 0.00946. The highest BCUT2D eigenvalue weighted by molar-refractivity contribution is 7.91. The number of ether oxygens (including phenoxy) is 1. The Morgan fingerprint density at radius 2 is 1.48 bits per heavy atom. The lowest BCUT2D eigenvalue weighted by Crippen LogP contribution is -2.36. The van der Waals surface area contributed by atoms with E-state index in [1.54, 1.807) is 24.3 Å². The molecule has 0 aliphatic carbocycles. The molecule has 3 unspecified atom stereocenters. The van der Waals surface area contributed by atoms with Crippen LogP contribution in [0.15, 0.2) is 105 Å². The molecule has 3 aromatic carbocycles. The number of aliphatic hydroxyl groups excluding tert-OH is 1. The third-order valence-corrected chi connectivity index (χ3v) is 11.7. The van der Waals surface area contributed by atoms with Crippen LogP contribution in [0.1, 0.15) is 89.2 Å². The number of nitrogens with zero attached hydrogens (tertiary/aromatic N) is 2. The van der Waals surface area contributed by atoms with Crippen LogP contribution in [-0.4, -0.2) is 68.8 Å². The minimum atomic E-state index is -3.52. The molecule has 3 aromatic rings. The molecule has 0 saturated heterocycles. The number of hydrogen-bond donors (Lipinski definition) is 4. The Bertz CT molecular complexity index is 1860. The Hall–Kier alpha value is -4.88. The first kappa shape index (κ1) is 45.5. The number of sulfone groups is 1. The summed E-state index contributed by atoms with van der Waals surface area (Å²) in [5.41, 5.74) is 1.95. The average molecular weight is 791 g/mol. The van der Waals surface area contributed by atoms with Gasteiger partial charge in [0.15, 0.2) is 21.3 Å². The summed E-state index contributed by atoms with van der Waals surface area (Å²) in [5.74, 6) is -1.64. The summed E-state index contributed by atoms with van der Waals surface area (Å²) < 4.78 is 31.2. The molecule has 0 fully saturated rings. The molecule has 0 bridgehead atoms. The van der Waals surface area contributed by atoms with Gasteiger partial charge in [0, 0.05) is 37.9 Å². The first-order valence-corrected chi connectivity index (χ1v) is 21.1. The number of aliphatic carboxylic acids is 1. The first-order chi connectivity index (χ1) is 26.9. The van der Waals surface area contributed by atoms with Crippen LogP contribution in [0.5, 0.6) is 5.75 Å². The van der Waals surface area contributed by atoms with Crippen molar-refractivity contribution in [3.05, 3.63) is 101 Å². The normalized spacial score (nSPS) is 13.8. The van der Waals surface area contributed by atoms with Crippen molar-refractivity contribution in [2.24, 2.45) is 22.1 Å². The second-order valence-electron chi connectivity index (χ2n) is 13.9. The van der Waals surface area contributed by atoms with Gasteiger partial charge in [0.1, 0.15) is 11.5 Å². The van der Waals surface area contributed by atoms with E-state index in [4.69, 9.17) is 4.74 Å². The number of para-hydroxylation sites is 1. The topological polar surface area (TPSA) is 184 Å². The van der Waals surface area contributed by atoms with Crippen molar-refractivity contribution in [1.29, 1.82) is 0 Å². The van der Waals surface area contributed by atoms with Gasteiger partial charge in [-0.3, -0.25) is 14.4 Å². The van der Waals surface area contributed by atoms with Crippen molar-refractivity contribution in [3.63, 3.8) is 0 Å². The van der Waals surface area contributed by atoms with E-state index < -0.39 is 27.5 Å². The number of carbonyl (C=O) groups is 3. The molecule has 0 radical (unpaired) electrons. The lowest BCUT2D eigenvalue weighted by Gasteiger charge is -2.22. The maximum Gasteiger partial charge on any atom is 0.306 e. The highest BCUT2D eigenvalue weighted by atomic mass is 32.2. The number of carbonyl (C=O) groups excluding carboxylic acids is 2. The maximum absolute atomic E-state index is 12.9. The molecule has 0 aliphatic rings. The molecule has 13 heteroatoms. The minimum Gasteiger partial charge on any atom is -0.509 e. The van der Waals surface area contributed by atoms with Gasteiger partial charge in [-0.2, -0.15) is 5.11 Å². The second-order valence-corrected chi connectivity index (χ2v) is 16.0. The fourth-order valence-corrected chi connectivity index (χ4v) is 7.90. The standard InChI is InChI=1S/C43H58N4O8S/c1-5-32(19-20-36(43(51)52)29-33(6-2)34-15-9-7-10-16-34)42(50)45-27-26-44-25-13-8-14-28-56(53,54)38-23-21-37(22-24-38)46-47-41(31(3)48)39(49)30-35-17-11-12-18-40(35)55-4/h7,9-12,15-18,21-24,32-33,36,44,49H,5-6,8,13-14,19-20,25-30H2,1-4H3,(H,45,50)(H,51,52). The quantitative estimate of drug-likeness (QED) is 0.0270. The summed E-state index contributed by atoms with van der Waals surface area (Å²) in [5, 5.41) is 34.8. The van der Waals surface area contributed by atoms with Crippen molar-refractivity contribution in [1.82, 2.24) is 10.6 Å². The number of carboxylic acids is 1. The number of azo groups is 1. The molecular weight excluding hydrogens is 733 g/mol. The SMILES string of the molecule is CCC(CCC(CC(CC)c1ccccc1)C(=O)O)C(=O)NCCNCCCCCS(=O)(=O)c1ccc(N=NC(C(C)=O)=C(O)Cc2ccccc2OC)cc1. The fourth-order valence-electron chi connectivity index (χ4n) is 6.52. The van der Waals surface area contributed by atoms with E-state index in [0.717, 1.165) is 18.4 Å². The van der Waals surface area contributed by atoms with Crippen molar-refractivity contribution in [3.8, 4) is 5.75 Å². The van der Waals surface area contributed by atoms with Crippen molar-refractivity contribution < 1.29 is 37.8 Å². The zero-order chi connectivity index (χ0) is 40.9. The van der Waals surface area contributed by atoms with Crippen LogP contribution in [0.25, 0.3) is 0 Å². The van der Waals surface area contributed by atoms with Crippen LogP contribution in [0.3, 0.4) is 0 Å². The number of nitrogens with one attached hydrogen (secondary N) is 2. The number of ketones is 1. The molecule has 0 aromatic heterocycles. The first-order valence-electron chi connectivity index (χ1n) is 19.5. The summed E-state index contributed by atoms with van der Waals surface area (Å²) in [7, 11) is -2.00. The zero-order valence-electron chi connectivity index (χ0n) is 33.1. The second kappa shape index (κ2) is 23.9. The number of Topliss-reactive ketones (excluding diaryl/α,β-unsaturated/α-hetero) is 1. The molecule has 3 atom stereocenters. The average Bonchev–Trinajstić information content (AvgIpc) is 3.19. The Morgan fingerprint density at radius 3 is 2.12 bits per heavy atom. The zero-order valence-corrected chi connectivity index (χ0v) is 33.9. The van der Waals surface area contributed by atoms with E-state index in [9.17, 15) is 33.0 Å². The molecule has 0 heterocycles. The molecule has 4 N–H and O–H groups in total. The highest BCUT2D eigenvalue weighted by Gasteiger charge is 2.26. The van der Waals surface area contributed by atoms with Gasteiger partial charge in [-0.1, -0.05) is 68.8 Å². The fraction of sp³-hybridized carbons (Fsp3) is 0.465. The van der Waals surface area contributed by atoms with Gasteiger partial charge >= 0.3 is 5.97 Å². The molecule has 0 spiro atoms. The van der Waals surface area contributed by atoms with Crippen molar-refractivity contribution >= 4 is 33.2 Å². The number of carboxylic acid groups (broad SMARTS) is 1. The van der Waals surface area contributed by atoms with Crippen LogP contribution in [0.4, 0.5) is 5.69 Å². The molecule has 1 amide bonds. The molecular formula is C43H58N4O8S. The third-order valence-electron chi connectivity index (χ3n) is 9.90. The number of hydrogen-bond acceptors (Lipinski definition) is 10. The van der Waals surface area contributed by atoms with Gasteiger partial charge in [-0.25, -0.2) is 8.42 Å². The van der Waals surface area contributed by atoms with Crippen molar-refractivity contribution in [2.45, 2.75) is 89.4 Å².